The summed E-state index contributed by atoms with van der Waals surface area (Å²) in [6.45, 7) is 7.82. The fraction of sp³-hybridized carbons (Fsp3) is 1.00. The third-order valence-electron chi connectivity index (χ3n) is 4.34. The molecular weight excluding hydrogens is 224 g/mol. The smallest absolute Gasteiger partial charge is 0.0637 e. The SMILES string of the molecule is CCCNC1CCOCC1N1CCCCCCC1. The Hall–Kier alpha value is -0.120. The summed E-state index contributed by atoms with van der Waals surface area (Å²) in [5.41, 5.74) is 0. The van der Waals surface area contributed by atoms with Gasteiger partial charge in [0.1, 0.15) is 0 Å². The van der Waals surface area contributed by atoms with Crippen molar-refractivity contribution in [1.29, 1.82) is 0 Å². The van der Waals surface area contributed by atoms with Crippen LogP contribution in [0.1, 0.15) is 51.9 Å². The Balaban J connectivity index is 1.88. The molecule has 2 unspecified atom stereocenters. The minimum Gasteiger partial charge on any atom is -0.380 e. The zero-order chi connectivity index (χ0) is 12.6. The van der Waals surface area contributed by atoms with E-state index in [2.05, 4.69) is 17.1 Å². The maximum atomic E-state index is 5.74. The van der Waals surface area contributed by atoms with Crippen molar-refractivity contribution < 1.29 is 4.74 Å². The fourth-order valence-corrected chi connectivity index (χ4v) is 3.25. The van der Waals surface area contributed by atoms with Gasteiger partial charge in [-0.3, -0.25) is 4.90 Å². The van der Waals surface area contributed by atoms with Gasteiger partial charge in [0, 0.05) is 18.7 Å². The van der Waals surface area contributed by atoms with E-state index in [1.807, 2.05) is 0 Å². The Bertz CT molecular complexity index is 215. The highest BCUT2D eigenvalue weighted by Gasteiger charge is 2.30. The Morgan fingerprint density at radius 1 is 1.11 bits per heavy atom. The summed E-state index contributed by atoms with van der Waals surface area (Å²) in [4.78, 5) is 2.70. The summed E-state index contributed by atoms with van der Waals surface area (Å²) < 4.78 is 5.74. The lowest BCUT2D eigenvalue weighted by Crippen LogP contribution is -2.56. The van der Waals surface area contributed by atoms with Gasteiger partial charge in [0.2, 0.25) is 0 Å². The summed E-state index contributed by atoms with van der Waals surface area (Å²) >= 11 is 0. The molecule has 0 saturated carbocycles. The standard InChI is InChI=1S/C15H30N2O/c1-2-9-16-14-8-12-18-13-15(14)17-10-6-4-3-5-7-11-17/h14-16H,2-13H2,1H3. The molecule has 3 nitrogen and oxygen atoms in total. The normalized spacial score (nSPS) is 31.8. The van der Waals surface area contributed by atoms with E-state index in [-0.39, 0.29) is 0 Å². The van der Waals surface area contributed by atoms with E-state index < -0.39 is 0 Å². The molecule has 0 amide bonds. The highest BCUT2D eigenvalue weighted by molar-refractivity contribution is 4.87. The molecule has 0 bridgehead atoms. The Morgan fingerprint density at radius 2 is 1.83 bits per heavy atom. The zero-order valence-electron chi connectivity index (χ0n) is 12.0. The van der Waals surface area contributed by atoms with Gasteiger partial charge in [-0.05, 0) is 45.3 Å². The Labute approximate surface area is 112 Å². The molecule has 0 aliphatic carbocycles. The molecule has 3 heteroatoms. The molecule has 2 aliphatic heterocycles. The fourth-order valence-electron chi connectivity index (χ4n) is 3.25. The molecule has 0 radical (unpaired) electrons. The van der Waals surface area contributed by atoms with Crippen LogP contribution in [0.4, 0.5) is 0 Å². The van der Waals surface area contributed by atoms with Crippen molar-refractivity contribution in [2.24, 2.45) is 0 Å². The molecule has 0 aromatic heterocycles. The number of rotatable bonds is 4. The number of nitrogens with one attached hydrogen (secondary N) is 1. The molecular formula is C15H30N2O. The quantitative estimate of drug-likeness (QED) is 0.834. The first kappa shape index (κ1) is 14.3. The number of ether oxygens (including phenoxy) is 1. The van der Waals surface area contributed by atoms with Gasteiger partial charge in [0.05, 0.1) is 6.61 Å². The van der Waals surface area contributed by atoms with Gasteiger partial charge in [0.15, 0.2) is 0 Å². The van der Waals surface area contributed by atoms with Crippen LogP contribution in [0.5, 0.6) is 0 Å². The first-order valence-corrected chi connectivity index (χ1v) is 7.97. The molecule has 0 spiro atoms. The first-order valence-electron chi connectivity index (χ1n) is 7.97. The summed E-state index contributed by atoms with van der Waals surface area (Å²) in [6, 6.07) is 1.27. The Morgan fingerprint density at radius 3 is 2.56 bits per heavy atom. The average Bonchev–Trinajstić information content (AvgIpc) is 2.37. The number of hydrogen-bond donors (Lipinski definition) is 1. The van der Waals surface area contributed by atoms with E-state index in [0.29, 0.717) is 12.1 Å². The van der Waals surface area contributed by atoms with E-state index >= 15 is 0 Å². The molecule has 2 saturated heterocycles. The van der Waals surface area contributed by atoms with Crippen LogP contribution in [0.2, 0.25) is 0 Å². The lowest BCUT2D eigenvalue weighted by Gasteiger charge is -2.41. The summed E-state index contributed by atoms with van der Waals surface area (Å²) in [7, 11) is 0. The molecule has 2 rings (SSSR count). The Kier molecular flexibility index (Phi) is 6.46. The van der Waals surface area contributed by atoms with E-state index in [1.165, 1.54) is 58.0 Å². The second kappa shape index (κ2) is 8.13. The third-order valence-corrected chi connectivity index (χ3v) is 4.34. The maximum absolute atomic E-state index is 5.74. The van der Waals surface area contributed by atoms with Crippen LogP contribution in [-0.4, -0.2) is 49.8 Å². The van der Waals surface area contributed by atoms with Crippen molar-refractivity contribution in [2.75, 3.05) is 32.8 Å². The van der Waals surface area contributed by atoms with Crippen LogP contribution >= 0.6 is 0 Å². The lowest BCUT2D eigenvalue weighted by molar-refractivity contribution is -0.00564. The molecule has 2 atom stereocenters. The maximum Gasteiger partial charge on any atom is 0.0637 e. The van der Waals surface area contributed by atoms with E-state index in [9.17, 15) is 0 Å². The average molecular weight is 254 g/mol. The summed E-state index contributed by atoms with van der Waals surface area (Å²) in [6.07, 6.45) is 9.42. The van der Waals surface area contributed by atoms with Gasteiger partial charge in [0.25, 0.3) is 0 Å². The van der Waals surface area contributed by atoms with Gasteiger partial charge >= 0.3 is 0 Å². The third kappa shape index (κ3) is 4.22. The molecule has 2 aliphatic rings. The number of hydrogen-bond acceptors (Lipinski definition) is 3. The van der Waals surface area contributed by atoms with Crippen molar-refractivity contribution in [2.45, 2.75) is 64.0 Å². The summed E-state index contributed by atoms with van der Waals surface area (Å²) in [5.74, 6) is 0. The van der Waals surface area contributed by atoms with E-state index in [0.717, 1.165) is 19.8 Å². The molecule has 0 aromatic rings. The first-order chi connectivity index (χ1) is 8.92. The molecule has 2 fully saturated rings. The van der Waals surface area contributed by atoms with Crippen molar-refractivity contribution in [3.05, 3.63) is 0 Å². The van der Waals surface area contributed by atoms with Gasteiger partial charge in [-0.1, -0.05) is 26.2 Å². The van der Waals surface area contributed by atoms with Crippen molar-refractivity contribution in [3.63, 3.8) is 0 Å². The second-order valence-electron chi connectivity index (χ2n) is 5.80. The molecule has 2 heterocycles. The monoisotopic (exact) mass is 254 g/mol. The lowest BCUT2D eigenvalue weighted by atomic mass is 9.99. The molecule has 0 aromatic carbocycles. The molecule has 106 valence electrons. The van der Waals surface area contributed by atoms with Gasteiger partial charge in [-0.2, -0.15) is 0 Å². The van der Waals surface area contributed by atoms with Gasteiger partial charge in [-0.25, -0.2) is 0 Å². The van der Waals surface area contributed by atoms with Crippen molar-refractivity contribution in [1.82, 2.24) is 10.2 Å². The predicted molar refractivity (Wildman–Crippen MR) is 76.0 cm³/mol. The van der Waals surface area contributed by atoms with Crippen LogP contribution in [0.15, 0.2) is 0 Å². The van der Waals surface area contributed by atoms with E-state index in [1.54, 1.807) is 0 Å². The number of nitrogens with zero attached hydrogens (tertiary/aromatic N) is 1. The van der Waals surface area contributed by atoms with E-state index in [4.69, 9.17) is 4.74 Å². The van der Waals surface area contributed by atoms with Crippen LogP contribution in [-0.2, 0) is 4.74 Å². The molecule has 18 heavy (non-hydrogen) atoms. The van der Waals surface area contributed by atoms with Crippen LogP contribution in [0, 0.1) is 0 Å². The minimum atomic E-state index is 0.614. The highest BCUT2D eigenvalue weighted by atomic mass is 16.5. The zero-order valence-corrected chi connectivity index (χ0v) is 12.0. The highest BCUT2D eigenvalue weighted by Crippen LogP contribution is 2.19. The molecule has 1 N–H and O–H groups in total. The van der Waals surface area contributed by atoms with Gasteiger partial charge < -0.3 is 10.1 Å². The minimum absolute atomic E-state index is 0.614. The van der Waals surface area contributed by atoms with Crippen molar-refractivity contribution >= 4 is 0 Å². The van der Waals surface area contributed by atoms with Crippen molar-refractivity contribution in [3.8, 4) is 0 Å². The second-order valence-corrected chi connectivity index (χ2v) is 5.80. The van der Waals surface area contributed by atoms with Crippen LogP contribution < -0.4 is 5.32 Å². The van der Waals surface area contributed by atoms with Crippen LogP contribution in [0.25, 0.3) is 0 Å². The largest absolute Gasteiger partial charge is 0.380 e. The van der Waals surface area contributed by atoms with Gasteiger partial charge in [-0.15, -0.1) is 0 Å². The predicted octanol–water partition coefficient (Wildman–Crippen LogP) is 2.41. The topological polar surface area (TPSA) is 24.5 Å². The summed E-state index contributed by atoms with van der Waals surface area (Å²) in [5, 5.41) is 3.73. The van der Waals surface area contributed by atoms with Crippen LogP contribution in [0.3, 0.4) is 0 Å². The number of likely N-dealkylation sites (tertiary alicyclic amines) is 1.